The zero-order chi connectivity index (χ0) is 9.42. The molecule has 68 valence electrons. The average Bonchev–Trinajstić information content (AvgIpc) is 2.47. The number of hydrogen-bond acceptors (Lipinski definition) is 1. The minimum atomic E-state index is 0.922. The third-order valence-corrected chi connectivity index (χ3v) is 2.63. The van der Waals surface area contributed by atoms with Crippen LogP contribution in [0.4, 0.5) is 0 Å². The first-order chi connectivity index (χ1) is 6.20. The molecule has 0 aliphatic carbocycles. The van der Waals surface area contributed by atoms with Crippen LogP contribution in [0, 0.1) is 6.92 Å². The molecule has 0 aliphatic heterocycles. The summed E-state index contributed by atoms with van der Waals surface area (Å²) in [5.41, 5.74) is 2.33. The lowest BCUT2D eigenvalue weighted by molar-refractivity contribution is 0.668. The summed E-state index contributed by atoms with van der Waals surface area (Å²) in [7, 11) is 0. The number of nitrogens with zero attached hydrogens (tertiary/aromatic N) is 2. The van der Waals surface area contributed by atoms with Gasteiger partial charge in [0.2, 0.25) is 0 Å². The van der Waals surface area contributed by atoms with Crippen molar-refractivity contribution in [2.24, 2.45) is 0 Å². The number of benzene rings is 1. The van der Waals surface area contributed by atoms with E-state index in [1.807, 2.05) is 4.68 Å². The second-order valence-corrected chi connectivity index (χ2v) is 4.06. The molecule has 0 fully saturated rings. The standard InChI is InChI=1S/C10H11BrN2/c1-3-13-6-9-7(2)4-8(11)5-10(9)12-13/h4-6H,3H2,1-2H3. The van der Waals surface area contributed by atoms with Crippen molar-refractivity contribution in [2.45, 2.75) is 20.4 Å². The van der Waals surface area contributed by atoms with E-state index in [-0.39, 0.29) is 0 Å². The maximum atomic E-state index is 4.44. The summed E-state index contributed by atoms with van der Waals surface area (Å²) in [6.45, 7) is 5.12. The van der Waals surface area contributed by atoms with Gasteiger partial charge in [0, 0.05) is 22.6 Å². The molecule has 13 heavy (non-hydrogen) atoms. The van der Waals surface area contributed by atoms with Gasteiger partial charge in [0.15, 0.2) is 0 Å². The van der Waals surface area contributed by atoms with Gasteiger partial charge in [-0.3, -0.25) is 4.68 Å². The summed E-state index contributed by atoms with van der Waals surface area (Å²) in [6, 6.07) is 4.17. The lowest BCUT2D eigenvalue weighted by Gasteiger charge is -1.94. The van der Waals surface area contributed by atoms with Crippen molar-refractivity contribution >= 4 is 26.8 Å². The number of halogens is 1. The van der Waals surface area contributed by atoms with Gasteiger partial charge in [-0.15, -0.1) is 0 Å². The van der Waals surface area contributed by atoms with Crippen LogP contribution >= 0.6 is 15.9 Å². The van der Waals surface area contributed by atoms with Crippen LogP contribution < -0.4 is 0 Å². The molecule has 0 radical (unpaired) electrons. The Morgan fingerprint density at radius 1 is 1.46 bits per heavy atom. The van der Waals surface area contributed by atoms with E-state index in [2.05, 4.69) is 53.2 Å². The second kappa shape index (κ2) is 3.14. The Morgan fingerprint density at radius 3 is 2.92 bits per heavy atom. The Bertz CT molecular complexity index is 445. The highest BCUT2D eigenvalue weighted by atomic mass is 79.9. The molecule has 0 N–H and O–H groups in total. The van der Waals surface area contributed by atoms with Gasteiger partial charge in [-0.2, -0.15) is 5.10 Å². The van der Waals surface area contributed by atoms with Gasteiger partial charge in [-0.25, -0.2) is 0 Å². The topological polar surface area (TPSA) is 17.8 Å². The van der Waals surface area contributed by atoms with Crippen LogP contribution in [-0.4, -0.2) is 9.78 Å². The largest absolute Gasteiger partial charge is 0.272 e. The van der Waals surface area contributed by atoms with Crippen molar-refractivity contribution in [3.05, 3.63) is 28.4 Å². The van der Waals surface area contributed by atoms with E-state index < -0.39 is 0 Å². The smallest absolute Gasteiger partial charge is 0.0937 e. The molecule has 3 heteroatoms. The van der Waals surface area contributed by atoms with E-state index in [0.29, 0.717) is 0 Å². The fraction of sp³-hybridized carbons (Fsp3) is 0.300. The normalized spacial score (nSPS) is 11.0. The molecule has 0 atom stereocenters. The molecule has 0 amide bonds. The minimum Gasteiger partial charge on any atom is -0.272 e. The van der Waals surface area contributed by atoms with Crippen molar-refractivity contribution in [1.29, 1.82) is 0 Å². The summed E-state index contributed by atoms with van der Waals surface area (Å²) in [6.07, 6.45) is 2.09. The van der Waals surface area contributed by atoms with E-state index in [1.54, 1.807) is 0 Å². The van der Waals surface area contributed by atoms with Gasteiger partial charge < -0.3 is 0 Å². The monoisotopic (exact) mass is 238 g/mol. The van der Waals surface area contributed by atoms with E-state index in [9.17, 15) is 0 Å². The van der Waals surface area contributed by atoms with E-state index in [4.69, 9.17) is 0 Å². The van der Waals surface area contributed by atoms with Gasteiger partial charge in [-0.05, 0) is 31.5 Å². The van der Waals surface area contributed by atoms with Crippen LogP contribution in [0.15, 0.2) is 22.8 Å². The molecule has 0 spiro atoms. The summed E-state index contributed by atoms with van der Waals surface area (Å²) in [5.74, 6) is 0. The van der Waals surface area contributed by atoms with Crippen LogP contribution in [0.2, 0.25) is 0 Å². The zero-order valence-corrected chi connectivity index (χ0v) is 9.30. The van der Waals surface area contributed by atoms with Gasteiger partial charge in [0.25, 0.3) is 0 Å². The highest BCUT2D eigenvalue weighted by Crippen LogP contribution is 2.22. The fourth-order valence-corrected chi connectivity index (χ4v) is 2.03. The van der Waals surface area contributed by atoms with Crippen molar-refractivity contribution in [1.82, 2.24) is 9.78 Å². The maximum absolute atomic E-state index is 4.44. The molecular formula is C10H11BrN2. The summed E-state index contributed by atoms with van der Waals surface area (Å²) < 4.78 is 3.06. The van der Waals surface area contributed by atoms with Crippen molar-refractivity contribution < 1.29 is 0 Å². The van der Waals surface area contributed by atoms with E-state index in [0.717, 1.165) is 16.5 Å². The van der Waals surface area contributed by atoms with Gasteiger partial charge in [0.05, 0.1) is 5.52 Å². The predicted molar refractivity (Wildman–Crippen MR) is 57.8 cm³/mol. The fourth-order valence-electron chi connectivity index (χ4n) is 1.47. The zero-order valence-electron chi connectivity index (χ0n) is 7.71. The molecule has 2 nitrogen and oxygen atoms in total. The summed E-state index contributed by atoms with van der Waals surface area (Å²) in [4.78, 5) is 0. The molecule has 2 aromatic rings. The lowest BCUT2D eigenvalue weighted by Crippen LogP contribution is -1.92. The first kappa shape index (κ1) is 8.75. The van der Waals surface area contributed by atoms with E-state index >= 15 is 0 Å². The first-order valence-electron chi connectivity index (χ1n) is 4.34. The van der Waals surface area contributed by atoms with Crippen molar-refractivity contribution in [3.8, 4) is 0 Å². The Kier molecular flexibility index (Phi) is 2.12. The molecule has 1 aromatic heterocycles. The molecule has 1 aromatic carbocycles. The molecule has 0 bridgehead atoms. The Morgan fingerprint density at radius 2 is 2.23 bits per heavy atom. The predicted octanol–water partition coefficient (Wildman–Crippen LogP) is 3.13. The molecule has 2 rings (SSSR count). The maximum Gasteiger partial charge on any atom is 0.0937 e. The number of rotatable bonds is 1. The Balaban J connectivity index is 2.75. The molecule has 0 unspecified atom stereocenters. The summed E-state index contributed by atoms with van der Waals surface area (Å²) in [5, 5.41) is 5.68. The van der Waals surface area contributed by atoms with Crippen LogP contribution in [0.25, 0.3) is 10.9 Å². The molecule has 1 heterocycles. The second-order valence-electron chi connectivity index (χ2n) is 3.14. The number of aryl methyl sites for hydroxylation is 2. The van der Waals surface area contributed by atoms with Gasteiger partial charge >= 0.3 is 0 Å². The summed E-state index contributed by atoms with van der Waals surface area (Å²) >= 11 is 3.47. The van der Waals surface area contributed by atoms with Crippen molar-refractivity contribution in [3.63, 3.8) is 0 Å². The molecule has 0 saturated heterocycles. The van der Waals surface area contributed by atoms with Crippen molar-refractivity contribution in [2.75, 3.05) is 0 Å². The number of fused-ring (bicyclic) bond motifs is 1. The van der Waals surface area contributed by atoms with Crippen LogP contribution in [-0.2, 0) is 6.54 Å². The average molecular weight is 239 g/mol. The third-order valence-electron chi connectivity index (χ3n) is 2.17. The van der Waals surface area contributed by atoms with Crippen LogP contribution in [0.1, 0.15) is 12.5 Å². The molecule has 0 saturated carbocycles. The van der Waals surface area contributed by atoms with Crippen LogP contribution in [0.3, 0.4) is 0 Å². The molecule has 0 aliphatic rings. The molecular weight excluding hydrogens is 228 g/mol. The van der Waals surface area contributed by atoms with Crippen LogP contribution in [0.5, 0.6) is 0 Å². The van der Waals surface area contributed by atoms with Gasteiger partial charge in [-0.1, -0.05) is 15.9 Å². The highest BCUT2D eigenvalue weighted by molar-refractivity contribution is 9.10. The van der Waals surface area contributed by atoms with Gasteiger partial charge in [0.1, 0.15) is 0 Å². The SMILES string of the molecule is CCn1cc2c(C)cc(Br)cc2n1. The number of hydrogen-bond donors (Lipinski definition) is 0. The Hall–Kier alpha value is -0.830. The number of aromatic nitrogens is 2. The minimum absolute atomic E-state index is 0.922. The first-order valence-corrected chi connectivity index (χ1v) is 5.13. The lowest BCUT2D eigenvalue weighted by atomic mass is 10.1. The third kappa shape index (κ3) is 1.48. The highest BCUT2D eigenvalue weighted by Gasteiger charge is 2.03. The van der Waals surface area contributed by atoms with E-state index in [1.165, 1.54) is 10.9 Å². The quantitative estimate of drug-likeness (QED) is 0.747. The Labute approximate surface area is 85.7 Å².